The summed E-state index contributed by atoms with van der Waals surface area (Å²) in [6.07, 6.45) is 0.160. The van der Waals surface area contributed by atoms with E-state index in [4.69, 9.17) is 18.9 Å². The zero-order valence-electron chi connectivity index (χ0n) is 31.0. The normalized spacial score (nSPS) is 21.2. The van der Waals surface area contributed by atoms with Gasteiger partial charge in [0.15, 0.2) is 17.8 Å². The molecule has 14 heteroatoms. The summed E-state index contributed by atoms with van der Waals surface area (Å²) < 4.78 is 52.7. The van der Waals surface area contributed by atoms with Crippen LogP contribution in [0.3, 0.4) is 0 Å². The van der Waals surface area contributed by atoms with Crippen LogP contribution in [0.5, 0.6) is 11.5 Å². The molecule has 52 heavy (non-hydrogen) atoms. The predicted octanol–water partition coefficient (Wildman–Crippen LogP) is 4.87. The first kappa shape index (κ1) is 39.8. The summed E-state index contributed by atoms with van der Waals surface area (Å²) in [4.78, 5) is 26.6. The molecule has 0 saturated carbocycles. The van der Waals surface area contributed by atoms with Crippen molar-refractivity contribution in [2.75, 3.05) is 39.6 Å². The number of amides is 2. The highest BCUT2D eigenvalue weighted by atomic mass is 32.2. The average molecular weight is 746 g/mol. The topological polar surface area (TPSA) is 164 Å². The minimum absolute atomic E-state index is 0.00217. The third kappa shape index (κ3) is 10.2. The summed E-state index contributed by atoms with van der Waals surface area (Å²) in [6, 6.07) is 12.1. The zero-order chi connectivity index (χ0) is 37.7. The second kappa shape index (κ2) is 16.7. The maximum Gasteiger partial charge on any atom is 0.407 e. The summed E-state index contributed by atoms with van der Waals surface area (Å²) in [5, 5.41) is 25.8. The molecule has 2 fully saturated rings. The molecule has 2 amide bonds. The zero-order valence-corrected chi connectivity index (χ0v) is 31.8. The van der Waals surface area contributed by atoms with E-state index in [0.29, 0.717) is 43.9 Å². The Morgan fingerprint density at radius 3 is 2.44 bits per heavy atom. The van der Waals surface area contributed by atoms with E-state index in [1.54, 1.807) is 6.07 Å². The fourth-order valence-electron chi connectivity index (χ4n) is 7.36. The van der Waals surface area contributed by atoms with Crippen LogP contribution < -0.4 is 14.8 Å². The Morgan fingerprint density at radius 1 is 1.00 bits per heavy atom. The number of ether oxygens (including phenoxy) is 4. The van der Waals surface area contributed by atoms with Gasteiger partial charge in [0.25, 0.3) is 0 Å². The number of aliphatic hydroxyl groups excluding tert-OH is 1. The van der Waals surface area contributed by atoms with Gasteiger partial charge in [0.1, 0.15) is 0 Å². The van der Waals surface area contributed by atoms with Crippen LogP contribution in [0.1, 0.15) is 72.3 Å². The number of unbranched alkanes of at least 4 members (excludes halogenated alkanes) is 1. The molecular weight excluding hydrogens is 690 g/mol. The number of sulfonamides is 1. The Labute approximate surface area is 307 Å². The van der Waals surface area contributed by atoms with E-state index >= 15 is 0 Å². The number of hydrogen-bond donors (Lipinski definition) is 3. The molecule has 5 rings (SSSR count). The van der Waals surface area contributed by atoms with Crippen LogP contribution in [-0.4, -0.2) is 104 Å². The minimum atomic E-state index is -4.23. The van der Waals surface area contributed by atoms with Crippen molar-refractivity contribution < 1.29 is 47.2 Å². The van der Waals surface area contributed by atoms with Gasteiger partial charge >= 0.3 is 6.09 Å². The number of carbonyl (C=O) groups excluding carboxylic acids is 1. The number of nitrogens with one attached hydrogen (secondary N) is 1. The van der Waals surface area contributed by atoms with Crippen molar-refractivity contribution in [1.29, 1.82) is 0 Å². The van der Waals surface area contributed by atoms with Crippen molar-refractivity contribution in [3.8, 4) is 11.5 Å². The quantitative estimate of drug-likeness (QED) is 0.191. The summed E-state index contributed by atoms with van der Waals surface area (Å²) >= 11 is 0. The van der Waals surface area contributed by atoms with Crippen molar-refractivity contribution in [3.63, 3.8) is 0 Å². The minimum Gasteiger partial charge on any atom is -0.465 e. The Bertz CT molecular complexity index is 1630. The Hall–Kier alpha value is -3.43. The second-order valence-corrected chi connectivity index (χ2v) is 18.1. The molecule has 2 aromatic rings. The molecule has 2 saturated heterocycles. The van der Waals surface area contributed by atoms with Crippen LogP contribution in [0, 0.1) is 16.7 Å². The summed E-state index contributed by atoms with van der Waals surface area (Å²) in [5.74, 6) is 0.547. The molecule has 2 aromatic carbocycles. The van der Waals surface area contributed by atoms with Gasteiger partial charge in [0, 0.05) is 38.0 Å². The highest BCUT2D eigenvalue weighted by Gasteiger charge is 2.49. The number of carbonyl (C=O) groups is 2. The fourth-order valence-corrected chi connectivity index (χ4v) is 9.02. The standard InChI is InChI=1S/C38H55N3O10S/c1-37(2,3)21-34(43)39-17-10-9-16-38(4,5)24-40(52(46,47)27-13-14-32-33(20-27)51-25-50-32)22-31(42)29(19-26-11-7-6-8-12-26)41(36(44)45)30-23-49-35-28(30)15-18-48-35/h6-8,11-14,20,28-31,35,42H,9-10,15-19,21-25H2,1-5H3,(H,39,43)(H,44,45)/t28-,29-,30-,31+,35+/m0/s1. The van der Waals surface area contributed by atoms with Crippen molar-refractivity contribution >= 4 is 22.0 Å². The number of aliphatic hydroxyl groups is 1. The van der Waals surface area contributed by atoms with Crippen LogP contribution in [0.2, 0.25) is 0 Å². The number of hydrogen-bond acceptors (Lipinski definition) is 9. The molecule has 0 bridgehead atoms. The van der Waals surface area contributed by atoms with Gasteiger partial charge in [-0.05, 0) is 54.2 Å². The van der Waals surface area contributed by atoms with E-state index < -0.39 is 46.0 Å². The summed E-state index contributed by atoms with van der Waals surface area (Å²) in [6.45, 7) is 10.7. The predicted molar refractivity (Wildman–Crippen MR) is 193 cm³/mol. The lowest BCUT2D eigenvalue weighted by atomic mass is 9.87. The Balaban J connectivity index is 1.39. The molecule has 0 radical (unpaired) electrons. The molecule has 3 N–H and O–H groups in total. The second-order valence-electron chi connectivity index (χ2n) is 16.1. The van der Waals surface area contributed by atoms with Gasteiger partial charge < -0.3 is 34.5 Å². The fraction of sp³-hybridized carbons (Fsp3) is 0.632. The van der Waals surface area contributed by atoms with Crippen LogP contribution in [0.25, 0.3) is 0 Å². The molecule has 0 aromatic heterocycles. The van der Waals surface area contributed by atoms with Gasteiger partial charge in [-0.3, -0.25) is 9.69 Å². The molecule has 288 valence electrons. The van der Waals surface area contributed by atoms with E-state index in [1.807, 2.05) is 65.0 Å². The van der Waals surface area contributed by atoms with Crippen LogP contribution in [0.4, 0.5) is 4.79 Å². The molecule has 5 atom stereocenters. The molecule has 0 spiro atoms. The van der Waals surface area contributed by atoms with Crippen molar-refractivity contribution in [2.24, 2.45) is 16.7 Å². The SMILES string of the molecule is CC(C)(C)CC(=O)NCCCCC(C)(C)CN(C[C@@H](O)[C@H](Cc1ccccc1)N(C(=O)O)[C@H]1CO[C@H]2OCC[C@H]21)S(=O)(=O)c1ccc2c(c1)OCO2. The first-order valence-corrected chi connectivity index (χ1v) is 19.6. The molecule has 0 unspecified atom stereocenters. The van der Waals surface area contributed by atoms with Crippen LogP contribution >= 0.6 is 0 Å². The molecule has 3 aliphatic heterocycles. The number of nitrogens with zero attached hydrogens (tertiary/aromatic N) is 2. The lowest BCUT2D eigenvalue weighted by Gasteiger charge is -2.40. The molecule has 3 aliphatic rings. The molecular formula is C38H55N3O10S. The molecule has 13 nitrogen and oxygen atoms in total. The van der Waals surface area contributed by atoms with E-state index in [9.17, 15) is 28.2 Å². The van der Waals surface area contributed by atoms with E-state index in [-0.39, 0.29) is 55.0 Å². The van der Waals surface area contributed by atoms with Gasteiger partial charge in [-0.25, -0.2) is 13.2 Å². The number of benzene rings is 2. The van der Waals surface area contributed by atoms with Gasteiger partial charge in [0.2, 0.25) is 22.7 Å². The lowest BCUT2D eigenvalue weighted by molar-refractivity contribution is -0.122. The molecule has 0 aliphatic carbocycles. The van der Waals surface area contributed by atoms with Gasteiger partial charge in [-0.2, -0.15) is 4.31 Å². The van der Waals surface area contributed by atoms with Crippen molar-refractivity contribution in [2.45, 2.75) is 103 Å². The lowest BCUT2D eigenvalue weighted by Crippen LogP contribution is -2.58. The maximum atomic E-state index is 14.5. The first-order chi connectivity index (χ1) is 24.5. The number of fused-ring (bicyclic) bond motifs is 2. The van der Waals surface area contributed by atoms with E-state index in [0.717, 1.165) is 18.4 Å². The summed E-state index contributed by atoms with van der Waals surface area (Å²) in [5.41, 5.74) is 0.146. The van der Waals surface area contributed by atoms with Crippen molar-refractivity contribution in [1.82, 2.24) is 14.5 Å². The number of rotatable bonds is 17. The highest BCUT2D eigenvalue weighted by Crippen LogP contribution is 2.38. The first-order valence-electron chi connectivity index (χ1n) is 18.2. The van der Waals surface area contributed by atoms with Crippen molar-refractivity contribution in [3.05, 3.63) is 54.1 Å². The summed E-state index contributed by atoms with van der Waals surface area (Å²) in [7, 11) is -4.23. The maximum absolute atomic E-state index is 14.5. The third-order valence-electron chi connectivity index (χ3n) is 9.95. The van der Waals surface area contributed by atoms with Gasteiger partial charge in [-0.1, -0.05) is 71.4 Å². The smallest absolute Gasteiger partial charge is 0.407 e. The van der Waals surface area contributed by atoms with E-state index in [2.05, 4.69) is 5.32 Å². The third-order valence-corrected chi connectivity index (χ3v) is 11.8. The van der Waals surface area contributed by atoms with Gasteiger partial charge in [-0.15, -0.1) is 0 Å². The molecule has 3 heterocycles. The Kier molecular flexibility index (Phi) is 12.8. The van der Waals surface area contributed by atoms with Gasteiger partial charge in [0.05, 0.1) is 36.3 Å². The average Bonchev–Trinajstić information content (AvgIpc) is 3.82. The van der Waals surface area contributed by atoms with Crippen LogP contribution in [-0.2, 0) is 30.7 Å². The Morgan fingerprint density at radius 2 is 1.73 bits per heavy atom. The largest absolute Gasteiger partial charge is 0.465 e. The van der Waals surface area contributed by atoms with Crippen LogP contribution in [0.15, 0.2) is 53.4 Å². The monoisotopic (exact) mass is 745 g/mol. The highest BCUT2D eigenvalue weighted by molar-refractivity contribution is 7.89. The van der Waals surface area contributed by atoms with E-state index in [1.165, 1.54) is 21.3 Å². The number of carboxylic acid groups (broad SMARTS) is 1.